The summed E-state index contributed by atoms with van der Waals surface area (Å²) >= 11 is 0. The van der Waals surface area contributed by atoms with E-state index in [1.54, 1.807) is 18.2 Å². The van der Waals surface area contributed by atoms with Gasteiger partial charge in [-0.1, -0.05) is 6.92 Å². The molecule has 1 heterocycles. The molecule has 0 radical (unpaired) electrons. The van der Waals surface area contributed by atoms with E-state index in [0.29, 0.717) is 23.6 Å². The van der Waals surface area contributed by atoms with E-state index in [-0.39, 0.29) is 18.2 Å². The molecule has 1 atom stereocenters. The number of hydrogen-bond donors (Lipinski definition) is 2. The molecule has 1 aromatic rings. The number of fused-ring (bicyclic) bond motifs is 1. The van der Waals surface area contributed by atoms with Crippen molar-refractivity contribution in [3.8, 4) is 11.5 Å². The number of amides is 1. The topological polar surface area (TPSA) is 73.6 Å². The fraction of sp³-hybridized carbons (Fsp3) is 0.500. The summed E-state index contributed by atoms with van der Waals surface area (Å²) in [5, 5.41) is 3.04. The van der Waals surface area contributed by atoms with Crippen LogP contribution in [0.4, 0.5) is 0 Å². The lowest BCUT2D eigenvalue weighted by Crippen LogP contribution is -2.46. The van der Waals surface area contributed by atoms with E-state index in [1.807, 2.05) is 13.8 Å². The molecule has 0 bridgehead atoms. The molecular weight excluding hydrogens is 244 g/mol. The normalized spacial score (nSPS) is 15.9. The Balaban J connectivity index is 2.11. The highest BCUT2D eigenvalue weighted by Gasteiger charge is 2.25. The third-order valence-corrected chi connectivity index (χ3v) is 3.53. The monoisotopic (exact) mass is 264 g/mol. The second-order valence-electron chi connectivity index (χ2n) is 4.98. The average Bonchev–Trinajstić information content (AvgIpc) is 2.86. The molecule has 1 amide bonds. The summed E-state index contributed by atoms with van der Waals surface area (Å²) in [6, 6.07) is 5.20. The van der Waals surface area contributed by atoms with Crippen molar-refractivity contribution >= 4 is 5.91 Å². The van der Waals surface area contributed by atoms with E-state index in [9.17, 15) is 4.79 Å². The quantitative estimate of drug-likeness (QED) is 0.848. The first-order valence-corrected chi connectivity index (χ1v) is 6.50. The summed E-state index contributed by atoms with van der Waals surface area (Å²) in [7, 11) is 0. The molecule has 5 nitrogen and oxygen atoms in total. The van der Waals surface area contributed by atoms with Crippen molar-refractivity contribution in [3.63, 3.8) is 0 Å². The molecule has 0 aromatic heterocycles. The first-order valence-electron chi connectivity index (χ1n) is 6.50. The van der Waals surface area contributed by atoms with Gasteiger partial charge in [0.25, 0.3) is 5.91 Å². The van der Waals surface area contributed by atoms with Crippen LogP contribution in [0.5, 0.6) is 11.5 Å². The van der Waals surface area contributed by atoms with Crippen LogP contribution in [0.1, 0.15) is 37.0 Å². The first-order chi connectivity index (χ1) is 9.08. The van der Waals surface area contributed by atoms with Crippen LogP contribution in [-0.2, 0) is 0 Å². The van der Waals surface area contributed by atoms with Gasteiger partial charge < -0.3 is 20.5 Å². The summed E-state index contributed by atoms with van der Waals surface area (Å²) in [6.45, 7) is 4.80. The van der Waals surface area contributed by atoms with Crippen molar-refractivity contribution in [1.82, 2.24) is 5.32 Å². The molecule has 5 heteroatoms. The minimum absolute atomic E-state index is 0.115. The van der Waals surface area contributed by atoms with Crippen molar-refractivity contribution in [1.29, 1.82) is 0 Å². The number of carbonyl (C=O) groups excluding carboxylic acids is 1. The number of nitrogens with one attached hydrogen (secondary N) is 1. The summed E-state index contributed by atoms with van der Waals surface area (Å²) in [5.74, 6) is 1.18. The van der Waals surface area contributed by atoms with Crippen molar-refractivity contribution < 1.29 is 14.3 Å². The van der Waals surface area contributed by atoms with Crippen LogP contribution in [0, 0.1) is 0 Å². The van der Waals surface area contributed by atoms with Gasteiger partial charge in [-0.15, -0.1) is 0 Å². The molecule has 19 heavy (non-hydrogen) atoms. The molecule has 0 fully saturated rings. The largest absolute Gasteiger partial charge is 0.454 e. The van der Waals surface area contributed by atoms with Crippen LogP contribution < -0.4 is 20.5 Å². The van der Waals surface area contributed by atoms with Gasteiger partial charge in [-0.3, -0.25) is 4.79 Å². The van der Waals surface area contributed by atoms with Crippen LogP contribution in [-0.4, -0.2) is 24.8 Å². The Hall–Kier alpha value is -1.75. The second-order valence-corrected chi connectivity index (χ2v) is 4.98. The minimum atomic E-state index is -0.276. The molecule has 1 unspecified atom stereocenters. The SMILES string of the molecule is CCC(C)(CCN)NC(=O)c1ccc2c(c1)OCO2. The van der Waals surface area contributed by atoms with Gasteiger partial charge in [0.05, 0.1) is 0 Å². The molecule has 0 spiro atoms. The highest BCUT2D eigenvalue weighted by molar-refractivity contribution is 5.95. The Morgan fingerprint density at radius 2 is 2.16 bits per heavy atom. The van der Waals surface area contributed by atoms with E-state index in [4.69, 9.17) is 15.2 Å². The third-order valence-electron chi connectivity index (χ3n) is 3.53. The molecule has 0 aliphatic carbocycles. The highest BCUT2D eigenvalue weighted by atomic mass is 16.7. The zero-order chi connectivity index (χ0) is 13.9. The number of ether oxygens (including phenoxy) is 2. The maximum absolute atomic E-state index is 12.2. The van der Waals surface area contributed by atoms with E-state index in [0.717, 1.165) is 12.8 Å². The fourth-order valence-electron chi connectivity index (χ4n) is 2.03. The van der Waals surface area contributed by atoms with Gasteiger partial charge in [0.1, 0.15) is 0 Å². The molecule has 3 N–H and O–H groups in total. The van der Waals surface area contributed by atoms with Crippen molar-refractivity contribution in [2.45, 2.75) is 32.2 Å². The fourth-order valence-corrected chi connectivity index (χ4v) is 2.03. The van der Waals surface area contributed by atoms with Crippen molar-refractivity contribution in [3.05, 3.63) is 23.8 Å². The number of hydrogen-bond acceptors (Lipinski definition) is 4. The third kappa shape index (κ3) is 2.98. The van der Waals surface area contributed by atoms with Crippen LogP contribution >= 0.6 is 0 Å². The summed E-state index contributed by atoms with van der Waals surface area (Å²) < 4.78 is 10.5. The lowest BCUT2D eigenvalue weighted by Gasteiger charge is -2.29. The van der Waals surface area contributed by atoms with Crippen LogP contribution in [0.15, 0.2) is 18.2 Å². The number of benzene rings is 1. The van der Waals surface area contributed by atoms with Crippen LogP contribution in [0.25, 0.3) is 0 Å². The molecule has 1 aromatic carbocycles. The number of carbonyl (C=O) groups is 1. The molecular formula is C14H20N2O3. The predicted molar refractivity (Wildman–Crippen MR) is 72.4 cm³/mol. The molecule has 0 saturated carbocycles. The van der Waals surface area contributed by atoms with Crippen molar-refractivity contribution in [2.75, 3.05) is 13.3 Å². The van der Waals surface area contributed by atoms with E-state index in [1.165, 1.54) is 0 Å². The lowest BCUT2D eigenvalue weighted by molar-refractivity contribution is 0.0899. The predicted octanol–water partition coefficient (Wildman–Crippen LogP) is 1.66. The van der Waals surface area contributed by atoms with Crippen LogP contribution in [0.3, 0.4) is 0 Å². The molecule has 2 rings (SSSR count). The van der Waals surface area contributed by atoms with Gasteiger partial charge in [-0.05, 0) is 44.5 Å². The molecule has 0 saturated heterocycles. The molecule has 1 aliphatic rings. The van der Waals surface area contributed by atoms with Gasteiger partial charge in [-0.25, -0.2) is 0 Å². The number of rotatable bonds is 5. The Labute approximate surface area is 113 Å². The zero-order valence-electron chi connectivity index (χ0n) is 11.4. The Kier molecular flexibility index (Phi) is 3.95. The Morgan fingerprint density at radius 1 is 1.42 bits per heavy atom. The Bertz CT molecular complexity index is 476. The van der Waals surface area contributed by atoms with E-state index >= 15 is 0 Å². The number of nitrogens with two attached hydrogens (primary N) is 1. The summed E-state index contributed by atoms with van der Waals surface area (Å²) in [5.41, 5.74) is 5.89. The molecule has 1 aliphatic heterocycles. The van der Waals surface area contributed by atoms with E-state index in [2.05, 4.69) is 5.32 Å². The second kappa shape index (κ2) is 5.48. The van der Waals surface area contributed by atoms with Crippen molar-refractivity contribution in [2.24, 2.45) is 5.73 Å². The Morgan fingerprint density at radius 3 is 2.84 bits per heavy atom. The zero-order valence-corrected chi connectivity index (χ0v) is 11.4. The molecule has 104 valence electrons. The summed E-state index contributed by atoms with van der Waals surface area (Å²) in [4.78, 5) is 12.2. The van der Waals surface area contributed by atoms with E-state index < -0.39 is 0 Å². The standard InChI is InChI=1S/C14H20N2O3/c1-3-14(2,6-7-15)16-13(17)10-4-5-11-12(8-10)19-9-18-11/h4-5,8H,3,6-7,9,15H2,1-2H3,(H,16,17). The lowest BCUT2D eigenvalue weighted by atomic mass is 9.94. The van der Waals surface area contributed by atoms with Gasteiger partial charge in [0.15, 0.2) is 11.5 Å². The maximum atomic E-state index is 12.2. The minimum Gasteiger partial charge on any atom is -0.454 e. The maximum Gasteiger partial charge on any atom is 0.251 e. The van der Waals surface area contributed by atoms with Crippen LogP contribution in [0.2, 0.25) is 0 Å². The van der Waals surface area contributed by atoms with Gasteiger partial charge in [0.2, 0.25) is 6.79 Å². The smallest absolute Gasteiger partial charge is 0.251 e. The van der Waals surface area contributed by atoms with Gasteiger partial charge >= 0.3 is 0 Å². The van der Waals surface area contributed by atoms with Gasteiger partial charge in [-0.2, -0.15) is 0 Å². The average molecular weight is 264 g/mol. The van der Waals surface area contributed by atoms with Gasteiger partial charge in [0, 0.05) is 11.1 Å². The first kappa shape index (κ1) is 13.7. The highest BCUT2D eigenvalue weighted by Crippen LogP contribution is 2.32. The summed E-state index contributed by atoms with van der Waals surface area (Å²) in [6.07, 6.45) is 1.58.